The van der Waals surface area contributed by atoms with Crippen molar-refractivity contribution < 1.29 is 22.5 Å². The molecule has 1 aromatic rings. The predicted molar refractivity (Wildman–Crippen MR) is 51.2 cm³/mol. The average molecular weight is 226 g/mol. The summed E-state index contributed by atoms with van der Waals surface area (Å²) in [5.74, 6) is -0.785. The normalized spacial score (nSPS) is 9.93. The van der Waals surface area contributed by atoms with Gasteiger partial charge >= 0.3 is 16.1 Å². The van der Waals surface area contributed by atoms with Crippen LogP contribution in [-0.4, -0.2) is 18.9 Å². The van der Waals surface area contributed by atoms with E-state index in [4.69, 9.17) is 4.55 Å². The SMILES string of the molecule is O=C(OC#CS(=O)(=O)O)c1ccccc1. The maximum Gasteiger partial charge on any atom is 0.352 e. The Balaban J connectivity index is 2.69. The summed E-state index contributed by atoms with van der Waals surface area (Å²) >= 11 is 0. The van der Waals surface area contributed by atoms with Crippen molar-refractivity contribution in [3.8, 4) is 11.4 Å². The zero-order valence-corrected chi connectivity index (χ0v) is 8.19. The fourth-order valence-electron chi connectivity index (χ4n) is 0.753. The third-order valence-corrected chi connectivity index (χ3v) is 1.67. The largest absolute Gasteiger partial charge is 0.367 e. The van der Waals surface area contributed by atoms with E-state index < -0.39 is 16.1 Å². The molecule has 0 aliphatic rings. The van der Waals surface area contributed by atoms with Gasteiger partial charge in [-0.3, -0.25) is 4.55 Å². The van der Waals surface area contributed by atoms with E-state index in [1.807, 2.05) is 0 Å². The van der Waals surface area contributed by atoms with Gasteiger partial charge in [-0.25, -0.2) is 4.79 Å². The molecule has 0 heterocycles. The van der Waals surface area contributed by atoms with Gasteiger partial charge < -0.3 is 4.74 Å². The summed E-state index contributed by atoms with van der Waals surface area (Å²) in [6, 6.07) is 7.91. The van der Waals surface area contributed by atoms with Crippen LogP contribution >= 0.6 is 0 Å². The highest BCUT2D eigenvalue weighted by Gasteiger charge is 2.04. The van der Waals surface area contributed by atoms with Crippen molar-refractivity contribution in [3.05, 3.63) is 35.9 Å². The van der Waals surface area contributed by atoms with Crippen LogP contribution in [-0.2, 0) is 14.9 Å². The third kappa shape index (κ3) is 4.26. The first-order valence-corrected chi connectivity index (χ1v) is 5.18. The van der Waals surface area contributed by atoms with E-state index in [0.717, 1.165) is 0 Å². The Bertz CT molecular complexity index is 506. The van der Waals surface area contributed by atoms with Crippen molar-refractivity contribution in [1.82, 2.24) is 0 Å². The van der Waals surface area contributed by atoms with Crippen LogP contribution in [0.2, 0.25) is 0 Å². The Kier molecular flexibility index (Phi) is 3.44. The molecule has 0 radical (unpaired) electrons. The highest BCUT2D eigenvalue weighted by molar-refractivity contribution is 7.90. The van der Waals surface area contributed by atoms with Gasteiger partial charge in [-0.05, 0) is 12.1 Å². The van der Waals surface area contributed by atoms with Crippen molar-refractivity contribution in [2.75, 3.05) is 0 Å². The van der Waals surface area contributed by atoms with Gasteiger partial charge in [0, 0.05) is 0 Å². The molecule has 5 nitrogen and oxygen atoms in total. The molecule has 0 aromatic heterocycles. The molecule has 15 heavy (non-hydrogen) atoms. The van der Waals surface area contributed by atoms with Gasteiger partial charge in [0.25, 0.3) is 0 Å². The monoisotopic (exact) mass is 226 g/mol. The number of rotatable bonds is 1. The summed E-state index contributed by atoms with van der Waals surface area (Å²) in [5, 5.41) is 1.36. The van der Waals surface area contributed by atoms with Crippen LogP contribution in [0, 0.1) is 11.4 Å². The predicted octanol–water partition coefficient (Wildman–Crippen LogP) is 0.650. The van der Waals surface area contributed by atoms with E-state index >= 15 is 0 Å². The Morgan fingerprint density at radius 1 is 1.27 bits per heavy atom. The van der Waals surface area contributed by atoms with E-state index in [2.05, 4.69) is 4.74 Å². The number of carbonyl (C=O) groups is 1. The molecule has 0 saturated carbocycles. The van der Waals surface area contributed by atoms with Crippen LogP contribution in [0.5, 0.6) is 0 Å². The molecule has 1 N–H and O–H groups in total. The van der Waals surface area contributed by atoms with Crippen molar-refractivity contribution in [2.24, 2.45) is 0 Å². The number of ether oxygens (including phenoxy) is 1. The van der Waals surface area contributed by atoms with Gasteiger partial charge in [-0.1, -0.05) is 18.2 Å². The average Bonchev–Trinajstić information content (AvgIpc) is 2.17. The summed E-state index contributed by atoms with van der Waals surface area (Å²) < 4.78 is 32.8. The van der Waals surface area contributed by atoms with Crippen molar-refractivity contribution in [2.45, 2.75) is 0 Å². The molecule has 0 aliphatic heterocycles. The summed E-state index contributed by atoms with van der Waals surface area (Å²) in [6.07, 6.45) is 1.59. The van der Waals surface area contributed by atoms with E-state index in [9.17, 15) is 13.2 Å². The number of esters is 1. The highest BCUT2D eigenvalue weighted by atomic mass is 32.2. The molecule has 1 rings (SSSR count). The van der Waals surface area contributed by atoms with E-state index in [0.29, 0.717) is 0 Å². The van der Waals surface area contributed by atoms with E-state index in [-0.39, 0.29) is 5.56 Å². The second-order valence-corrected chi connectivity index (χ2v) is 3.59. The molecular weight excluding hydrogens is 220 g/mol. The quantitative estimate of drug-likeness (QED) is 0.432. The minimum atomic E-state index is -4.44. The van der Waals surface area contributed by atoms with Crippen LogP contribution in [0.3, 0.4) is 0 Å². The molecule has 0 amide bonds. The minimum absolute atomic E-state index is 0.238. The molecule has 0 atom stereocenters. The molecule has 6 heteroatoms. The molecule has 0 unspecified atom stereocenters. The number of benzene rings is 1. The van der Waals surface area contributed by atoms with Crippen LogP contribution < -0.4 is 0 Å². The maximum absolute atomic E-state index is 11.1. The number of carbonyl (C=O) groups excluding carboxylic acids is 1. The zero-order valence-electron chi connectivity index (χ0n) is 7.38. The molecule has 1 aromatic carbocycles. The Labute approximate surface area is 86.4 Å². The molecule has 0 aliphatic carbocycles. The van der Waals surface area contributed by atoms with Gasteiger partial charge in [0.05, 0.1) is 5.56 Å². The first kappa shape index (κ1) is 11.2. The van der Waals surface area contributed by atoms with Crippen LogP contribution in [0.4, 0.5) is 0 Å². The lowest BCUT2D eigenvalue weighted by atomic mass is 10.2. The van der Waals surface area contributed by atoms with Gasteiger partial charge in [0.1, 0.15) is 11.4 Å². The van der Waals surface area contributed by atoms with Crippen LogP contribution in [0.1, 0.15) is 10.4 Å². The summed E-state index contributed by atoms with van der Waals surface area (Å²) in [6.45, 7) is 0. The first-order valence-electron chi connectivity index (χ1n) is 3.74. The smallest absolute Gasteiger partial charge is 0.352 e. The zero-order chi connectivity index (χ0) is 11.3. The lowest BCUT2D eigenvalue weighted by Crippen LogP contribution is -2.01. The fraction of sp³-hybridized carbons (Fsp3) is 0. The molecule has 0 fully saturated rings. The summed E-state index contributed by atoms with van der Waals surface area (Å²) in [4.78, 5) is 11.1. The third-order valence-electron chi connectivity index (χ3n) is 1.32. The van der Waals surface area contributed by atoms with Gasteiger partial charge in [0.2, 0.25) is 0 Å². The van der Waals surface area contributed by atoms with Crippen LogP contribution in [0.15, 0.2) is 30.3 Å². The Hall–Kier alpha value is -1.84. The first-order chi connectivity index (χ1) is 6.99. The van der Waals surface area contributed by atoms with Gasteiger partial charge in [-0.2, -0.15) is 8.42 Å². The van der Waals surface area contributed by atoms with E-state index in [1.54, 1.807) is 24.3 Å². The van der Waals surface area contributed by atoms with Gasteiger partial charge in [-0.15, -0.1) is 0 Å². The summed E-state index contributed by atoms with van der Waals surface area (Å²) in [5.41, 5.74) is 0.238. The van der Waals surface area contributed by atoms with Gasteiger partial charge in [0.15, 0.2) is 0 Å². The standard InChI is InChI=1S/C9H6O5S/c10-9(8-4-2-1-3-5-8)14-6-7-15(11,12)13/h1-5H,(H,11,12,13). The van der Waals surface area contributed by atoms with Crippen molar-refractivity contribution in [3.63, 3.8) is 0 Å². The van der Waals surface area contributed by atoms with Crippen molar-refractivity contribution >= 4 is 16.1 Å². The second kappa shape index (κ2) is 4.59. The fourth-order valence-corrected chi connectivity index (χ4v) is 0.900. The minimum Gasteiger partial charge on any atom is -0.367 e. The van der Waals surface area contributed by atoms with E-state index in [1.165, 1.54) is 17.4 Å². The highest BCUT2D eigenvalue weighted by Crippen LogP contribution is 1.99. The topological polar surface area (TPSA) is 80.7 Å². The lowest BCUT2D eigenvalue weighted by molar-refractivity contribution is 0.0691. The summed E-state index contributed by atoms with van der Waals surface area (Å²) in [7, 11) is -4.44. The lowest BCUT2D eigenvalue weighted by Gasteiger charge is -1.94. The maximum atomic E-state index is 11.1. The Morgan fingerprint density at radius 3 is 2.40 bits per heavy atom. The molecule has 0 spiro atoms. The number of hydrogen-bond acceptors (Lipinski definition) is 4. The molecular formula is C9H6O5S. The molecule has 78 valence electrons. The Morgan fingerprint density at radius 2 is 1.87 bits per heavy atom. The molecule has 0 bridgehead atoms. The number of hydrogen-bond donors (Lipinski definition) is 1. The van der Waals surface area contributed by atoms with Crippen molar-refractivity contribution in [1.29, 1.82) is 0 Å². The second-order valence-electron chi connectivity index (χ2n) is 2.43. The van der Waals surface area contributed by atoms with Crippen LogP contribution in [0.25, 0.3) is 0 Å². The molecule has 0 saturated heterocycles.